The number of para-hydroxylation sites is 1. The molecule has 0 aromatic heterocycles. The van der Waals surface area contributed by atoms with Crippen molar-refractivity contribution in [2.75, 3.05) is 0 Å². The summed E-state index contributed by atoms with van der Waals surface area (Å²) in [5.74, 6) is -0.680. The van der Waals surface area contributed by atoms with E-state index in [-0.39, 0.29) is 10.6 Å². The molecule has 1 rings (SSSR count). The number of rotatable bonds is 4. The van der Waals surface area contributed by atoms with Gasteiger partial charge in [-0.2, -0.15) is 0 Å². The molecule has 1 atom stereocenters. The van der Waals surface area contributed by atoms with Crippen LogP contribution in [0.2, 0.25) is 0 Å². The van der Waals surface area contributed by atoms with Gasteiger partial charge in [0.1, 0.15) is 10.6 Å². The highest BCUT2D eigenvalue weighted by Crippen LogP contribution is 2.22. The van der Waals surface area contributed by atoms with E-state index in [1.165, 1.54) is 25.1 Å². The lowest BCUT2D eigenvalue weighted by molar-refractivity contribution is -0.124. The zero-order valence-corrected chi connectivity index (χ0v) is 9.40. The van der Waals surface area contributed by atoms with Gasteiger partial charge in [-0.05, 0) is 19.1 Å². The average molecular weight is 244 g/mol. The molecule has 0 aliphatic rings. The molecule has 1 aromatic rings. The number of carbonyl (C=O) groups is 1. The molecule has 0 bridgehead atoms. The van der Waals surface area contributed by atoms with Crippen molar-refractivity contribution in [1.82, 2.24) is 0 Å². The van der Waals surface area contributed by atoms with Crippen molar-refractivity contribution in [3.63, 3.8) is 0 Å². The SMILES string of the molecule is CC(Oc1ccccc1S(N)(=O)=O)C(N)=O. The van der Waals surface area contributed by atoms with Crippen LogP contribution < -0.4 is 15.6 Å². The second kappa shape index (κ2) is 4.50. The first-order valence-corrected chi connectivity index (χ1v) is 5.95. The fourth-order valence-corrected chi connectivity index (χ4v) is 1.70. The third-order valence-corrected chi connectivity index (χ3v) is 2.81. The number of benzene rings is 1. The third-order valence-electron chi connectivity index (χ3n) is 1.86. The molecule has 0 saturated carbocycles. The van der Waals surface area contributed by atoms with Crippen molar-refractivity contribution >= 4 is 15.9 Å². The second-order valence-corrected chi connectivity index (χ2v) is 4.68. The predicted octanol–water partition coefficient (Wildman–Crippen LogP) is -0.413. The fourth-order valence-electron chi connectivity index (χ4n) is 1.03. The van der Waals surface area contributed by atoms with E-state index in [0.29, 0.717) is 0 Å². The molecule has 7 heteroatoms. The number of primary sulfonamides is 1. The van der Waals surface area contributed by atoms with Crippen molar-refractivity contribution in [1.29, 1.82) is 0 Å². The molecule has 0 fully saturated rings. The van der Waals surface area contributed by atoms with Crippen molar-refractivity contribution in [2.45, 2.75) is 17.9 Å². The van der Waals surface area contributed by atoms with Gasteiger partial charge in [0.05, 0.1) is 0 Å². The van der Waals surface area contributed by atoms with Crippen LogP contribution >= 0.6 is 0 Å². The minimum absolute atomic E-state index is 0.0105. The summed E-state index contributed by atoms with van der Waals surface area (Å²) in [5.41, 5.74) is 5.00. The van der Waals surface area contributed by atoms with Gasteiger partial charge in [0.15, 0.2) is 6.10 Å². The van der Waals surface area contributed by atoms with E-state index < -0.39 is 22.0 Å². The molecule has 0 aliphatic heterocycles. The number of hydrogen-bond donors (Lipinski definition) is 2. The topological polar surface area (TPSA) is 112 Å². The second-order valence-electron chi connectivity index (χ2n) is 3.15. The Kier molecular flexibility index (Phi) is 3.51. The van der Waals surface area contributed by atoms with E-state index in [0.717, 1.165) is 0 Å². The normalized spacial score (nSPS) is 13.1. The molecule has 6 nitrogen and oxygen atoms in total. The lowest BCUT2D eigenvalue weighted by Crippen LogP contribution is -2.31. The van der Waals surface area contributed by atoms with E-state index in [9.17, 15) is 13.2 Å². The Balaban J connectivity index is 3.10. The Bertz CT molecular complexity index is 498. The molecule has 0 spiro atoms. The van der Waals surface area contributed by atoms with Crippen LogP contribution in [0.15, 0.2) is 29.2 Å². The zero-order valence-electron chi connectivity index (χ0n) is 8.58. The number of carbonyl (C=O) groups excluding carboxylic acids is 1. The van der Waals surface area contributed by atoms with Gasteiger partial charge in [0.2, 0.25) is 10.0 Å². The Labute approximate surface area is 93.2 Å². The van der Waals surface area contributed by atoms with Crippen molar-refractivity contribution < 1.29 is 17.9 Å². The molecule has 16 heavy (non-hydrogen) atoms. The maximum absolute atomic E-state index is 11.2. The molecular formula is C9H12N2O4S. The van der Waals surface area contributed by atoms with Crippen molar-refractivity contribution in [2.24, 2.45) is 10.9 Å². The van der Waals surface area contributed by atoms with Crippen LogP contribution in [-0.4, -0.2) is 20.4 Å². The molecule has 1 unspecified atom stereocenters. The van der Waals surface area contributed by atoms with Crippen molar-refractivity contribution in [3.05, 3.63) is 24.3 Å². The highest BCUT2D eigenvalue weighted by atomic mass is 32.2. The Morgan fingerprint density at radius 1 is 1.38 bits per heavy atom. The van der Waals surface area contributed by atoms with Gasteiger partial charge in [-0.3, -0.25) is 4.79 Å². The summed E-state index contributed by atoms with van der Waals surface area (Å²) < 4.78 is 27.5. The van der Waals surface area contributed by atoms with Crippen LogP contribution in [0.1, 0.15) is 6.92 Å². The van der Waals surface area contributed by atoms with Gasteiger partial charge >= 0.3 is 0 Å². The van der Waals surface area contributed by atoms with Gasteiger partial charge in [0, 0.05) is 0 Å². The number of hydrogen-bond acceptors (Lipinski definition) is 4. The summed E-state index contributed by atoms with van der Waals surface area (Å²) in [4.78, 5) is 10.6. The number of sulfonamides is 1. The first-order chi connectivity index (χ1) is 7.32. The smallest absolute Gasteiger partial charge is 0.258 e. The molecule has 1 amide bonds. The van der Waals surface area contributed by atoms with Gasteiger partial charge in [-0.25, -0.2) is 13.6 Å². The van der Waals surface area contributed by atoms with Gasteiger partial charge < -0.3 is 10.5 Å². The molecular weight excluding hydrogens is 232 g/mol. The number of amides is 1. The summed E-state index contributed by atoms with van der Waals surface area (Å²) in [6.07, 6.45) is -0.928. The lowest BCUT2D eigenvalue weighted by Gasteiger charge is -2.13. The molecule has 0 saturated heterocycles. The van der Waals surface area contributed by atoms with Gasteiger partial charge in [-0.15, -0.1) is 0 Å². The first-order valence-electron chi connectivity index (χ1n) is 4.40. The zero-order chi connectivity index (χ0) is 12.3. The third kappa shape index (κ3) is 2.94. The van der Waals surface area contributed by atoms with Gasteiger partial charge in [-0.1, -0.05) is 12.1 Å². The standard InChI is InChI=1S/C9H12N2O4S/c1-6(9(10)12)15-7-4-2-3-5-8(7)16(11,13)14/h2-6H,1H3,(H2,10,12)(H2,11,13,14). The molecule has 4 N–H and O–H groups in total. The van der Waals surface area contributed by atoms with E-state index in [1.807, 2.05) is 0 Å². The summed E-state index contributed by atoms with van der Waals surface area (Å²) in [7, 11) is -3.88. The Morgan fingerprint density at radius 3 is 2.44 bits per heavy atom. The highest BCUT2D eigenvalue weighted by Gasteiger charge is 2.18. The first kappa shape index (κ1) is 12.5. The number of primary amides is 1. The monoisotopic (exact) mass is 244 g/mol. The van der Waals surface area contributed by atoms with E-state index in [4.69, 9.17) is 15.6 Å². The molecule has 0 heterocycles. The van der Waals surface area contributed by atoms with Gasteiger partial charge in [0.25, 0.3) is 5.91 Å². The lowest BCUT2D eigenvalue weighted by atomic mass is 10.3. The quantitative estimate of drug-likeness (QED) is 0.749. The summed E-state index contributed by atoms with van der Waals surface area (Å²) >= 11 is 0. The van der Waals surface area contributed by atoms with Crippen LogP contribution in [0.25, 0.3) is 0 Å². The summed E-state index contributed by atoms with van der Waals surface area (Å²) in [5, 5.41) is 4.99. The minimum atomic E-state index is -3.88. The Hall–Kier alpha value is -1.60. The van der Waals surface area contributed by atoms with Crippen LogP contribution in [0, 0.1) is 0 Å². The molecule has 0 radical (unpaired) electrons. The molecule has 0 aliphatic carbocycles. The summed E-state index contributed by atoms with van der Waals surface area (Å²) in [6.45, 7) is 1.42. The predicted molar refractivity (Wildman–Crippen MR) is 57.1 cm³/mol. The van der Waals surface area contributed by atoms with E-state index in [1.54, 1.807) is 6.07 Å². The largest absolute Gasteiger partial charge is 0.479 e. The molecule has 1 aromatic carbocycles. The highest BCUT2D eigenvalue weighted by molar-refractivity contribution is 7.89. The fraction of sp³-hybridized carbons (Fsp3) is 0.222. The van der Waals surface area contributed by atoms with Crippen molar-refractivity contribution in [3.8, 4) is 5.75 Å². The van der Waals surface area contributed by atoms with E-state index in [2.05, 4.69) is 0 Å². The Morgan fingerprint density at radius 2 is 1.94 bits per heavy atom. The summed E-state index contributed by atoms with van der Waals surface area (Å²) in [6, 6.07) is 5.76. The number of ether oxygens (including phenoxy) is 1. The number of nitrogens with two attached hydrogens (primary N) is 2. The average Bonchev–Trinajstić information content (AvgIpc) is 2.16. The van der Waals surface area contributed by atoms with E-state index >= 15 is 0 Å². The van der Waals surface area contributed by atoms with Crippen LogP contribution in [0.4, 0.5) is 0 Å². The van der Waals surface area contributed by atoms with Crippen LogP contribution in [0.5, 0.6) is 5.75 Å². The van der Waals surface area contributed by atoms with Crippen LogP contribution in [0.3, 0.4) is 0 Å². The molecule has 88 valence electrons. The van der Waals surface area contributed by atoms with Crippen LogP contribution in [-0.2, 0) is 14.8 Å². The minimum Gasteiger partial charge on any atom is -0.479 e. The maximum atomic E-state index is 11.2. The maximum Gasteiger partial charge on any atom is 0.258 e.